The minimum atomic E-state index is -0.597. The van der Waals surface area contributed by atoms with Crippen LogP contribution in [-0.2, 0) is 9.59 Å². The Morgan fingerprint density at radius 1 is 0.917 bits per heavy atom. The molecule has 3 aromatic carbocycles. The number of nitrogens with one attached hydrogen (secondary N) is 2. The average Bonchev–Trinajstić information content (AvgIpc) is 2.82. The van der Waals surface area contributed by atoms with E-state index in [-0.39, 0.29) is 42.3 Å². The van der Waals surface area contributed by atoms with E-state index in [1.807, 2.05) is 65.0 Å². The molecule has 0 spiro atoms. The second-order valence-electron chi connectivity index (χ2n) is 10.00. The molecule has 0 radical (unpaired) electrons. The Balaban J connectivity index is 1.76. The van der Waals surface area contributed by atoms with Crippen LogP contribution in [0.25, 0.3) is 10.8 Å². The van der Waals surface area contributed by atoms with E-state index < -0.39 is 11.3 Å². The predicted octanol–water partition coefficient (Wildman–Crippen LogP) is 5.67. The largest absolute Gasteiger partial charge is 0.507 e. The maximum Gasteiger partial charge on any atom is 0.275 e. The van der Waals surface area contributed by atoms with Gasteiger partial charge in [0.15, 0.2) is 0 Å². The molecule has 0 bridgehead atoms. The Hall–Kier alpha value is -4.00. The van der Waals surface area contributed by atoms with Gasteiger partial charge in [-0.15, -0.1) is 0 Å². The number of hydrazone groups is 1. The number of nitrogens with zero attached hydrogens (tertiary/aromatic N) is 1. The molecule has 0 saturated heterocycles. The third-order valence-electron chi connectivity index (χ3n) is 6.08. The quantitative estimate of drug-likeness (QED) is 0.281. The number of hydrogen-bond donors (Lipinski definition) is 3. The van der Waals surface area contributed by atoms with Crippen LogP contribution >= 0.6 is 0 Å². The zero-order valence-electron chi connectivity index (χ0n) is 21.4. The number of Topliss-reactive ketones (excluding diaryl/α,β-unsaturated/α-hetero) is 1. The van der Waals surface area contributed by atoms with Gasteiger partial charge in [0.2, 0.25) is 5.91 Å². The van der Waals surface area contributed by atoms with Gasteiger partial charge in [-0.05, 0) is 60.4 Å². The molecule has 0 aliphatic heterocycles. The summed E-state index contributed by atoms with van der Waals surface area (Å²) in [6, 6.07) is 16.1. The number of hydrogen-bond acceptors (Lipinski definition) is 5. The van der Waals surface area contributed by atoms with Gasteiger partial charge >= 0.3 is 0 Å². The molecule has 0 aromatic heterocycles. The van der Waals surface area contributed by atoms with Crippen molar-refractivity contribution in [3.63, 3.8) is 0 Å². The number of aromatic hydroxyl groups is 1. The van der Waals surface area contributed by atoms with E-state index in [1.54, 1.807) is 18.2 Å². The summed E-state index contributed by atoms with van der Waals surface area (Å²) < 4.78 is 0. The highest BCUT2D eigenvalue weighted by Crippen LogP contribution is 2.27. The molecule has 3 N–H and O–H groups in total. The van der Waals surface area contributed by atoms with Crippen molar-refractivity contribution in [2.75, 3.05) is 5.32 Å². The Bertz CT molecular complexity index is 1340. The van der Waals surface area contributed by atoms with Gasteiger partial charge in [-0.1, -0.05) is 57.2 Å². The van der Waals surface area contributed by atoms with Crippen LogP contribution in [0.3, 0.4) is 0 Å². The molecule has 0 aliphatic carbocycles. The molecule has 7 nitrogen and oxygen atoms in total. The highest BCUT2D eigenvalue weighted by molar-refractivity contribution is 6.10. The fourth-order valence-electron chi connectivity index (χ4n) is 3.62. The molecular weight excluding hydrogens is 454 g/mol. The van der Waals surface area contributed by atoms with Gasteiger partial charge in [-0.3, -0.25) is 14.4 Å². The van der Waals surface area contributed by atoms with Gasteiger partial charge in [0.1, 0.15) is 11.5 Å². The van der Waals surface area contributed by atoms with Crippen LogP contribution in [0.4, 0.5) is 5.69 Å². The maximum atomic E-state index is 13.0. The lowest BCUT2D eigenvalue weighted by Crippen LogP contribution is -2.26. The number of fused-ring (bicyclic) bond motifs is 1. The molecule has 0 unspecified atom stereocenters. The lowest BCUT2D eigenvalue weighted by atomic mass is 9.87. The summed E-state index contributed by atoms with van der Waals surface area (Å²) >= 11 is 0. The standard InChI is InChI=1S/C29H33N3O4/c1-18-10-12-21(16-19(18)2)30-26(35)15-13-22(17-25(34)29(3,4)5)31-32-28(36)27-23-9-7-6-8-20(23)11-14-24(27)33/h6-12,14,16,33H,13,15,17H2,1-5H3,(H,30,35)(H,32,36)/b31-22+. The summed E-state index contributed by atoms with van der Waals surface area (Å²) in [4.78, 5) is 38.2. The van der Waals surface area contributed by atoms with Crippen molar-refractivity contribution in [1.82, 2.24) is 5.43 Å². The Morgan fingerprint density at radius 2 is 1.64 bits per heavy atom. The Morgan fingerprint density at radius 3 is 2.33 bits per heavy atom. The minimum Gasteiger partial charge on any atom is -0.507 e. The van der Waals surface area contributed by atoms with Crippen molar-refractivity contribution in [2.45, 2.75) is 53.9 Å². The molecule has 36 heavy (non-hydrogen) atoms. The first kappa shape index (κ1) is 26.6. The number of benzene rings is 3. The lowest BCUT2D eigenvalue weighted by molar-refractivity contribution is -0.125. The number of carbonyl (C=O) groups excluding carboxylic acids is 3. The normalized spacial score (nSPS) is 11.9. The zero-order chi connectivity index (χ0) is 26.5. The Kier molecular flexibility index (Phi) is 8.25. The fraction of sp³-hybridized carbons (Fsp3) is 0.310. The van der Waals surface area contributed by atoms with Gasteiger partial charge in [0.05, 0.1) is 5.56 Å². The number of anilines is 1. The number of amides is 2. The number of phenolic OH excluding ortho intramolecular Hbond substituents is 1. The summed E-state index contributed by atoms with van der Waals surface area (Å²) in [5, 5.41) is 18.8. The summed E-state index contributed by atoms with van der Waals surface area (Å²) in [6.45, 7) is 9.41. The smallest absolute Gasteiger partial charge is 0.275 e. The molecule has 0 aliphatic rings. The number of phenols is 1. The van der Waals surface area contributed by atoms with Crippen molar-refractivity contribution >= 4 is 39.8 Å². The van der Waals surface area contributed by atoms with E-state index in [0.29, 0.717) is 16.8 Å². The minimum absolute atomic E-state index is 0.00220. The van der Waals surface area contributed by atoms with Crippen LogP contribution in [0.15, 0.2) is 59.7 Å². The number of aryl methyl sites for hydroxylation is 2. The third-order valence-corrected chi connectivity index (χ3v) is 6.08. The van der Waals surface area contributed by atoms with Crippen LogP contribution in [-0.4, -0.2) is 28.4 Å². The summed E-state index contributed by atoms with van der Waals surface area (Å²) in [6.07, 6.45) is 0.293. The SMILES string of the molecule is Cc1ccc(NC(=O)CC/C(CC(=O)C(C)(C)C)=N\NC(=O)c2c(O)ccc3ccccc23)cc1C. The van der Waals surface area contributed by atoms with Crippen LogP contribution in [0.5, 0.6) is 5.75 Å². The molecular formula is C29H33N3O4. The highest BCUT2D eigenvalue weighted by atomic mass is 16.3. The van der Waals surface area contributed by atoms with Gasteiger partial charge in [-0.2, -0.15) is 5.10 Å². The van der Waals surface area contributed by atoms with Crippen molar-refractivity contribution in [3.8, 4) is 5.75 Å². The van der Waals surface area contributed by atoms with Gasteiger partial charge < -0.3 is 10.4 Å². The van der Waals surface area contributed by atoms with E-state index >= 15 is 0 Å². The second kappa shape index (κ2) is 11.2. The number of carbonyl (C=O) groups is 3. The molecule has 188 valence electrons. The van der Waals surface area contributed by atoms with Gasteiger partial charge in [0, 0.05) is 29.7 Å². The molecule has 3 aromatic rings. The van der Waals surface area contributed by atoms with Crippen LogP contribution in [0.2, 0.25) is 0 Å². The predicted molar refractivity (Wildman–Crippen MR) is 143 cm³/mol. The van der Waals surface area contributed by atoms with E-state index in [0.717, 1.165) is 16.5 Å². The molecule has 0 heterocycles. The number of ketones is 1. The van der Waals surface area contributed by atoms with Crippen LogP contribution in [0.1, 0.15) is 61.5 Å². The zero-order valence-corrected chi connectivity index (χ0v) is 21.4. The van der Waals surface area contributed by atoms with Crippen molar-refractivity contribution in [3.05, 3.63) is 71.3 Å². The molecule has 0 atom stereocenters. The monoisotopic (exact) mass is 487 g/mol. The molecule has 2 amide bonds. The molecule has 0 fully saturated rings. The molecule has 0 saturated carbocycles. The molecule has 3 rings (SSSR count). The summed E-state index contributed by atoms with van der Waals surface area (Å²) in [5.74, 6) is -1.03. The summed E-state index contributed by atoms with van der Waals surface area (Å²) in [5.41, 5.74) is 5.28. The third kappa shape index (κ3) is 6.78. The highest BCUT2D eigenvalue weighted by Gasteiger charge is 2.23. The first-order valence-corrected chi connectivity index (χ1v) is 11.9. The number of rotatable bonds is 8. The first-order valence-electron chi connectivity index (χ1n) is 11.9. The van der Waals surface area contributed by atoms with Crippen molar-refractivity contribution in [1.29, 1.82) is 0 Å². The van der Waals surface area contributed by atoms with E-state index in [2.05, 4.69) is 15.8 Å². The fourth-order valence-corrected chi connectivity index (χ4v) is 3.62. The average molecular weight is 488 g/mol. The molecule has 7 heteroatoms. The first-order chi connectivity index (χ1) is 17.0. The Labute approximate surface area is 211 Å². The van der Waals surface area contributed by atoms with E-state index in [1.165, 1.54) is 6.07 Å². The lowest BCUT2D eigenvalue weighted by Gasteiger charge is -2.17. The maximum absolute atomic E-state index is 13.0. The van der Waals surface area contributed by atoms with Gasteiger partial charge in [-0.25, -0.2) is 5.43 Å². The van der Waals surface area contributed by atoms with Gasteiger partial charge in [0.25, 0.3) is 5.91 Å². The van der Waals surface area contributed by atoms with Crippen LogP contribution < -0.4 is 10.7 Å². The van der Waals surface area contributed by atoms with Crippen molar-refractivity contribution in [2.24, 2.45) is 10.5 Å². The summed E-state index contributed by atoms with van der Waals surface area (Å²) in [7, 11) is 0. The van der Waals surface area contributed by atoms with E-state index in [4.69, 9.17) is 0 Å². The second-order valence-corrected chi connectivity index (χ2v) is 10.00. The topological polar surface area (TPSA) is 108 Å². The van der Waals surface area contributed by atoms with Crippen molar-refractivity contribution < 1.29 is 19.5 Å². The van der Waals surface area contributed by atoms with Crippen LogP contribution in [0, 0.1) is 19.3 Å². The van der Waals surface area contributed by atoms with E-state index in [9.17, 15) is 19.5 Å².